The van der Waals surface area contributed by atoms with Crippen molar-refractivity contribution in [1.29, 1.82) is 0 Å². The second-order valence-corrected chi connectivity index (χ2v) is 4.26. The molecular formula is C5H6Cl4. The van der Waals surface area contributed by atoms with Crippen LogP contribution < -0.4 is 0 Å². The minimum absolute atomic E-state index is 0.194. The summed E-state index contributed by atoms with van der Waals surface area (Å²) in [5.41, 5.74) is 0. The Balaban J connectivity index is 2.45. The molecule has 1 rings (SSSR count). The molecule has 0 bridgehead atoms. The monoisotopic (exact) mass is 206 g/mol. The molecule has 1 fully saturated rings. The van der Waals surface area contributed by atoms with Crippen LogP contribution in [0, 0.1) is 11.8 Å². The highest BCUT2D eigenvalue weighted by molar-refractivity contribution is 6.52. The maximum absolute atomic E-state index is 5.77. The minimum Gasteiger partial charge on any atom is -0.126 e. The smallest absolute Gasteiger partial charge is 0.126 e. The third-order valence-electron chi connectivity index (χ3n) is 1.70. The number of alkyl halides is 4. The topological polar surface area (TPSA) is 0 Å². The molecule has 0 nitrogen and oxygen atoms in total. The number of hydrogen-bond acceptors (Lipinski definition) is 0. The van der Waals surface area contributed by atoms with Crippen molar-refractivity contribution in [3.63, 3.8) is 0 Å². The summed E-state index contributed by atoms with van der Waals surface area (Å²) in [4.78, 5) is 0. The Morgan fingerprint density at radius 3 is 1.44 bits per heavy atom. The first-order valence-corrected chi connectivity index (χ1v) is 4.46. The van der Waals surface area contributed by atoms with Gasteiger partial charge in [0.25, 0.3) is 0 Å². The van der Waals surface area contributed by atoms with Crippen LogP contribution in [-0.2, 0) is 0 Å². The average Bonchev–Trinajstić information content (AvgIpc) is 2.32. The van der Waals surface area contributed by atoms with Crippen LogP contribution in [0.25, 0.3) is 0 Å². The van der Waals surface area contributed by atoms with Crippen LogP contribution in [0.15, 0.2) is 0 Å². The van der Waals surface area contributed by atoms with Gasteiger partial charge in [0, 0.05) is 23.6 Å². The normalized spacial score (nSPS) is 38.7. The molecule has 0 amide bonds. The van der Waals surface area contributed by atoms with E-state index >= 15 is 0 Å². The highest BCUT2D eigenvalue weighted by Crippen LogP contribution is 2.59. The third-order valence-corrected chi connectivity index (χ3v) is 3.48. The number of halogens is 4. The van der Waals surface area contributed by atoms with Gasteiger partial charge in [0.05, 0.1) is 0 Å². The summed E-state index contributed by atoms with van der Waals surface area (Å²) >= 11 is 22.6. The second kappa shape index (κ2) is 2.65. The van der Waals surface area contributed by atoms with Crippen molar-refractivity contribution in [2.24, 2.45) is 11.8 Å². The van der Waals surface area contributed by atoms with Crippen LogP contribution >= 0.6 is 46.4 Å². The van der Waals surface area contributed by atoms with Crippen LogP contribution in [0.5, 0.6) is 0 Å². The van der Waals surface area contributed by atoms with Crippen molar-refractivity contribution in [2.45, 2.75) is 4.33 Å². The van der Waals surface area contributed by atoms with Crippen LogP contribution in [0.1, 0.15) is 0 Å². The van der Waals surface area contributed by atoms with E-state index in [1.807, 2.05) is 0 Å². The molecule has 0 aliphatic heterocycles. The standard InChI is InChI=1S/C5H6Cl4/c6-1-3-4(2-7)5(3,8)9/h3-4H,1-2H2/t3-,4+. The lowest BCUT2D eigenvalue weighted by Gasteiger charge is -1.90. The van der Waals surface area contributed by atoms with Crippen molar-refractivity contribution in [3.8, 4) is 0 Å². The minimum atomic E-state index is -0.635. The summed E-state index contributed by atoms with van der Waals surface area (Å²) in [6.45, 7) is 0. The van der Waals surface area contributed by atoms with E-state index in [9.17, 15) is 0 Å². The SMILES string of the molecule is ClC[C@@H]1[C@H](CCl)C1(Cl)Cl. The fourth-order valence-corrected chi connectivity index (χ4v) is 2.91. The molecule has 2 atom stereocenters. The largest absolute Gasteiger partial charge is 0.127 e. The Labute approximate surface area is 74.4 Å². The van der Waals surface area contributed by atoms with Crippen LogP contribution in [-0.4, -0.2) is 16.1 Å². The van der Waals surface area contributed by atoms with Gasteiger partial charge in [0.2, 0.25) is 0 Å². The maximum atomic E-state index is 5.77. The molecule has 1 aliphatic carbocycles. The molecule has 0 saturated heterocycles. The quantitative estimate of drug-likeness (QED) is 0.612. The van der Waals surface area contributed by atoms with Gasteiger partial charge in [-0.2, -0.15) is 0 Å². The van der Waals surface area contributed by atoms with Crippen LogP contribution in [0.2, 0.25) is 0 Å². The van der Waals surface area contributed by atoms with Crippen molar-refractivity contribution in [3.05, 3.63) is 0 Å². The molecule has 54 valence electrons. The van der Waals surface area contributed by atoms with Gasteiger partial charge < -0.3 is 0 Å². The van der Waals surface area contributed by atoms with Crippen molar-refractivity contribution in [2.75, 3.05) is 11.8 Å². The van der Waals surface area contributed by atoms with E-state index in [1.54, 1.807) is 0 Å². The van der Waals surface area contributed by atoms with E-state index in [4.69, 9.17) is 46.4 Å². The Hall–Kier alpha value is 1.16. The molecular weight excluding hydrogens is 202 g/mol. The van der Waals surface area contributed by atoms with Gasteiger partial charge in [0.15, 0.2) is 0 Å². The predicted molar refractivity (Wildman–Crippen MR) is 42.9 cm³/mol. The zero-order valence-corrected chi connectivity index (χ0v) is 7.60. The van der Waals surface area contributed by atoms with E-state index in [0.29, 0.717) is 11.8 Å². The molecule has 0 N–H and O–H groups in total. The molecule has 0 aromatic heterocycles. The van der Waals surface area contributed by atoms with Gasteiger partial charge >= 0.3 is 0 Å². The number of rotatable bonds is 2. The highest BCUT2D eigenvalue weighted by Gasteiger charge is 2.61. The summed E-state index contributed by atoms with van der Waals surface area (Å²) in [6.07, 6.45) is 0. The zero-order chi connectivity index (χ0) is 7.07. The molecule has 0 aromatic carbocycles. The molecule has 0 unspecified atom stereocenters. The van der Waals surface area contributed by atoms with E-state index < -0.39 is 4.33 Å². The molecule has 0 spiro atoms. The lowest BCUT2D eigenvalue weighted by Crippen LogP contribution is -1.91. The molecule has 9 heavy (non-hydrogen) atoms. The molecule has 0 aromatic rings. The lowest BCUT2D eigenvalue weighted by atomic mass is 10.4. The highest BCUT2D eigenvalue weighted by atomic mass is 35.5. The Morgan fingerprint density at radius 2 is 1.33 bits per heavy atom. The van der Waals surface area contributed by atoms with Crippen molar-refractivity contribution < 1.29 is 0 Å². The Bertz CT molecular complexity index is 99.5. The maximum Gasteiger partial charge on any atom is 0.127 e. The first-order valence-electron chi connectivity index (χ1n) is 2.64. The van der Waals surface area contributed by atoms with Gasteiger partial charge in [-0.1, -0.05) is 0 Å². The summed E-state index contributed by atoms with van der Waals surface area (Å²) < 4.78 is -0.635. The van der Waals surface area contributed by atoms with Gasteiger partial charge in [-0.25, -0.2) is 0 Å². The first kappa shape index (κ1) is 8.26. The van der Waals surface area contributed by atoms with E-state index in [0.717, 1.165) is 0 Å². The van der Waals surface area contributed by atoms with Crippen LogP contribution in [0.4, 0.5) is 0 Å². The van der Waals surface area contributed by atoms with Gasteiger partial charge in [0.1, 0.15) is 4.33 Å². The van der Waals surface area contributed by atoms with Gasteiger partial charge in [-0.15, -0.1) is 46.4 Å². The molecule has 1 saturated carbocycles. The fourth-order valence-electron chi connectivity index (χ4n) is 0.881. The molecule has 0 heterocycles. The van der Waals surface area contributed by atoms with E-state index in [2.05, 4.69) is 0 Å². The average molecular weight is 208 g/mol. The van der Waals surface area contributed by atoms with Gasteiger partial charge in [-0.05, 0) is 0 Å². The van der Waals surface area contributed by atoms with E-state index in [1.165, 1.54) is 0 Å². The summed E-state index contributed by atoms with van der Waals surface area (Å²) in [7, 11) is 0. The molecule has 4 heteroatoms. The summed E-state index contributed by atoms with van der Waals surface area (Å²) in [6, 6.07) is 0. The summed E-state index contributed by atoms with van der Waals surface area (Å²) in [5.74, 6) is 1.40. The second-order valence-electron chi connectivity index (χ2n) is 2.20. The lowest BCUT2D eigenvalue weighted by molar-refractivity contribution is 0.848. The van der Waals surface area contributed by atoms with Crippen LogP contribution in [0.3, 0.4) is 0 Å². The predicted octanol–water partition coefficient (Wildman–Crippen LogP) is 2.88. The van der Waals surface area contributed by atoms with E-state index in [-0.39, 0.29) is 11.8 Å². The molecule has 0 radical (unpaired) electrons. The Morgan fingerprint density at radius 1 is 1.00 bits per heavy atom. The van der Waals surface area contributed by atoms with Gasteiger partial charge in [-0.3, -0.25) is 0 Å². The third kappa shape index (κ3) is 1.28. The zero-order valence-electron chi connectivity index (χ0n) is 4.58. The first-order chi connectivity index (χ1) is 4.14. The fraction of sp³-hybridized carbons (Fsp3) is 1.00. The number of hydrogen-bond donors (Lipinski definition) is 0. The Kier molecular flexibility index (Phi) is 2.44. The van der Waals surface area contributed by atoms with Crippen molar-refractivity contribution in [1.82, 2.24) is 0 Å². The molecule has 1 aliphatic rings. The van der Waals surface area contributed by atoms with Crippen molar-refractivity contribution >= 4 is 46.4 Å². The summed E-state index contributed by atoms with van der Waals surface area (Å²) in [5, 5.41) is 0.